The number of carbonyl (C=O) groups excluding carboxylic acids is 1. The molecule has 1 N–H and O–H groups in total. The molecule has 0 fully saturated rings. The fourth-order valence-electron chi connectivity index (χ4n) is 3.35. The van der Waals surface area contributed by atoms with Crippen LogP contribution in [0.1, 0.15) is 12.7 Å². The number of hydrogen-bond donors (Lipinski definition) is 1. The highest BCUT2D eigenvalue weighted by molar-refractivity contribution is 5.89. The summed E-state index contributed by atoms with van der Waals surface area (Å²) in [5.41, 5.74) is 2.99. The van der Waals surface area contributed by atoms with Crippen molar-refractivity contribution < 1.29 is 4.79 Å². The molecule has 0 radical (unpaired) electrons. The standard InChI is InChI=1S/C19H20N4O/c1-14-13-18-21-16-9-5-6-10-17(16)23(18)12-11-22(14)19(24)20-15-7-3-2-4-8-15/h2-10,14H,11-13H2,1H3,(H,20,24). The van der Waals surface area contributed by atoms with Crippen LogP contribution in [-0.2, 0) is 13.0 Å². The van der Waals surface area contributed by atoms with Crippen molar-refractivity contribution in [1.29, 1.82) is 0 Å². The van der Waals surface area contributed by atoms with E-state index in [1.807, 2.05) is 53.4 Å². The van der Waals surface area contributed by atoms with E-state index in [1.165, 1.54) is 0 Å². The van der Waals surface area contributed by atoms with E-state index in [1.54, 1.807) is 0 Å². The highest BCUT2D eigenvalue weighted by Crippen LogP contribution is 2.22. The molecule has 2 heterocycles. The van der Waals surface area contributed by atoms with E-state index in [9.17, 15) is 4.79 Å². The Morgan fingerprint density at radius 2 is 1.83 bits per heavy atom. The van der Waals surface area contributed by atoms with Crippen LogP contribution in [0.25, 0.3) is 11.0 Å². The number of nitrogens with one attached hydrogen (secondary N) is 1. The lowest BCUT2D eigenvalue weighted by Crippen LogP contribution is -2.42. The molecule has 1 aromatic heterocycles. The van der Waals surface area contributed by atoms with Gasteiger partial charge in [-0.05, 0) is 31.2 Å². The van der Waals surface area contributed by atoms with Gasteiger partial charge in [-0.3, -0.25) is 0 Å². The van der Waals surface area contributed by atoms with Crippen LogP contribution >= 0.6 is 0 Å². The number of aromatic nitrogens is 2. The van der Waals surface area contributed by atoms with Crippen molar-refractivity contribution >= 4 is 22.8 Å². The highest BCUT2D eigenvalue weighted by Gasteiger charge is 2.26. The Balaban J connectivity index is 1.56. The number of nitrogens with zero attached hydrogens (tertiary/aromatic N) is 3. The minimum Gasteiger partial charge on any atom is -0.326 e. The van der Waals surface area contributed by atoms with Gasteiger partial charge < -0.3 is 14.8 Å². The maximum Gasteiger partial charge on any atom is 0.322 e. The number of hydrogen-bond acceptors (Lipinski definition) is 2. The Hall–Kier alpha value is -2.82. The molecule has 1 unspecified atom stereocenters. The molecule has 4 rings (SSSR count). The molecule has 2 aromatic carbocycles. The molecule has 0 spiro atoms. The summed E-state index contributed by atoms with van der Waals surface area (Å²) in [5.74, 6) is 1.05. The number of carbonyl (C=O) groups is 1. The summed E-state index contributed by atoms with van der Waals surface area (Å²) in [5, 5.41) is 2.98. The maximum absolute atomic E-state index is 12.7. The minimum absolute atomic E-state index is 0.0521. The van der Waals surface area contributed by atoms with Gasteiger partial charge in [0.2, 0.25) is 0 Å². The average molecular weight is 320 g/mol. The van der Waals surface area contributed by atoms with Crippen LogP contribution in [0.5, 0.6) is 0 Å². The second kappa shape index (κ2) is 6.00. The van der Waals surface area contributed by atoms with E-state index in [-0.39, 0.29) is 12.1 Å². The van der Waals surface area contributed by atoms with Crippen LogP contribution in [0.4, 0.5) is 10.5 Å². The number of anilines is 1. The molecule has 5 heteroatoms. The van der Waals surface area contributed by atoms with Gasteiger partial charge in [0.25, 0.3) is 0 Å². The maximum atomic E-state index is 12.7. The van der Waals surface area contributed by atoms with Crippen LogP contribution in [0.2, 0.25) is 0 Å². The largest absolute Gasteiger partial charge is 0.326 e. The van der Waals surface area contributed by atoms with E-state index in [2.05, 4.69) is 22.9 Å². The Kier molecular flexibility index (Phi) is 3.69. The lowest BCUT2D eigenvalue weighted by Gasteiger charge is -2.26. The van der Waals surface area contributed by atoms with Gasteiger partial charge in [-0.1, -0.05) is 30.3 Å². The molecule has 122 valence electrons. The van der Waals surface area contributed by atoms with Gasteiger partial charge >= 0.3 is 6.03 Å². The van der Waals surface area contributed by atoms with Gasteiger partial charge in [0.15, 0.2) is 0 Å². The highest BCUT2D eigenvalue weighted by atomic mass is 16.2. The smallest absolute Gasteiger partial charge is 0.322 e. The number of rotatable bonds is 1. The van der Waals surface area contributed by atoms with Crippen molar-refractivity contribution in [1.82, 2.24) is 14.5 Å². The molecule has 2 amide bonds. The number of para-hydroxylation sites is 3. The molecule has 1 aliphatic rings. The molecular weight excluding hydrogens is 300 g/mol. The summed E-state index contributed by atoms with van der Waals surface area (Å²) in [7, 11) is 0. The summed E-state index contributed by atoms with van der Waals surface area (Å²) >= 11 is 0. The number of imidazole rings is 1. The van der Waals surface area contributed by atoms with Gasteiger partial charge in [0.05, 0.1) is 11.0 Å². The SMILES string of the molecule is CC1Cc2nc3ccccc3n2CCN1C(=O)Nc1ccccc1. The van der Waals surface area contributed by atoms with Crippen molar-refractivity contribution in [2.75, 3.05) is 11.9 Å². The predicted molar refractivity (Wildman–Crippen MR) is 95.1 cm³/mol. The van der Waals surface area contributed by atoms with Gasteiger partial charge in [-0.2, -0.15) is 0 Å². The van der Waals surface area contributed by atoms with Crippen LogP contribution in [0, 0.1) is 0 Å². The summed E-state index contributed by atoms with van der Waals surface area (Å²) in [4.78, 5) is 19.3. The first-order chi connectivity index (χ1) is 11.7. The zero-order valence-electron chi connectivity index (χ0n) is 13.6. The molecule has 3 aromatic rings. The fourth-order valence-corrected chi connectivity index (χ4v) is 3.35. The monoisotopic (exact) mass is 320 g/mol. The molecule has 1 aliphatic heterocycles. The molecule has 24 heavy (non-hydrogen) atoms. The van der Waals surface area contributed by atoms with E-state index >= 15 is 0 Å². The van der Waals surface area contributed by atoms with Crippen molar-refractivity contribution in [2.45, 2.75) is 25.9 Å². The van der Waals surface area contributed by atoms with E-state index in [0.29, 0.717) is 6.54 Å². The van der Waals surface area contributed by atoms with E-state index < -0.39 is 0 Å². The Morgan fingerprint density at radius 3 is 2.67 bits per heavy atom. The Morgan fingerprint density at radius 1 is 1.08 bits per heavy atom. The van der Waals surface area contributed by atoms with Crippen LogP contribution in [0.3, 0.4) is 0 Å². The quantitative estimate of drug-likeness (QED) is 0.746. The average Bonchev–Trinajstić information content (AvgIpc) is 2.84. The Labute approximate surface area is 140 Å². The van der Waals surface area contributed by atoms with Gasteiger partial charge in [-0.15, -0.1) is 0 Å². The van der Waals surface area contributed by atoms with Crippen molar-refractivity contribution in [2.24, 2.45) is 0 Å². The summed E-state index contributed by atoms with van der Waals surface area (Å²) < 4.78 is 2.24. The second-order valence-electron chi connectivity index (χ2n) is 6.21. The summed E-state index contributed by atoms with van der Waals surface area (Å²) in [6.45, 7) is 3.52. The van der Waals surface area contributed by atoms with Gasteiger partial charge in [-0.25, -0.2) is 9.78 Å². The van der Waals surface area contributed by atoms with Crippen LogP contribution < -0.4 is 5.32 Å². The lowest BCUT2D eigenvalue weighted by atomic mass is 10.2. The molecular formula is C19H20N4O. The molecule has 0 bridgehead atoms. The molecule has 0 saturated carbocycles. The summed E-state index contributed by atoms with van der Waals surface area (Å²) in [6, 6.07) is 17.8. The van der Waals surface area contributed by atoms with E-state index in [0.717, 1.165) is 35.5 Å². The molecule has 1 atom stereocenters. The van der Waals surface area contributed by atoms with Crippen molar-refractivity contribution in [3.63, 3.8) is 0 Å². The van der Waals surface area contributed by atoms with Crippen molar-refractivity contribution in [3.05, 3.63) is 60.4 Å². The third-order valence-corrected chi connectivity index (χ3v) is 4.59. The van der Waals surface area contributed by atoms with Crippen LogP contribution in [-0.4, -0.2) is 33.1 Å². The molecule has 0 saturated heterocycles. The van der Waals surface area contributed by atoms with Crippen LogP contribution in [0.15, 0.2) is 54.6 Å². The van der Waals surface area contributed by atoms with Gasteiger partial charge in [0.1, 0.15) is 5.82 Å². The number of benzene rings is 2. The second-order valence-corrected chi connectivity index (χ2v) is 6.21. The van der Waals surface area contributed by atoms with Gasteiger partial charge in [0, 0.05) is 31.2 Å². The summed E-state index contributed by atoms with van der Waals surface area (Å²) in [6.07, 6.45) is 0.761. The zero-order valence-corrected chi connectivity index (χ0v) is 13.6. The Bertz CT molecular complexity index is 871. The number of fused-ring (bicyclic) bond motifs is 3. The lowest BCUT2D eigenvalue weighted by molar-refractivity contribution is 0.194. The van der Waals surface area contributed by atoms with Crippen molar-refractivity contribution in [3.8, 4) is 0 Å². The zero-order chi connectivity index (χ0) is 16.5. The predicted octanol–water partition coefficient (Wildman–Crippen LogP) is 3.52. The number of urea groups is 1. The minimum atomic E-state index is -0.0521. The normalized spacial score (nSPS) is 17.4. The first kappa shape index (κ1) is 14.8. The first-order valence-corrected chi connectivity index (χ1v) is 8.29. The third-order valence-electron chi connectivity index (χ3n) is 4.59. The number of amides is 2. The van der Waals surface area contributed by atoms with E-state index in [4.69, 9.17) is 4.98 Å². The molecule has 5 nitrogen and oxygen atoms in total. The first-order valence-electron chi connectivity index (χ1n) is 8.29. The topological polar surface area (TPSA) is 50.2 Å². The third kappa shape index (κ3) is 2.62. The molecule has 0 aliphatic carbocycles. The fraction of sp³-hybridized carbons (Fsp3) is 0.263.